The van der Waals surface area contributed by atoms with Crippen LogP contribution in [0, 0.1) is 0 Å². The number of hydrogen-bond acceptors (Lipinski definition) is 7. The number of methoxy groups -OCH3 is 1. The monoisotopic (exact) mass is 400 g/mol. The van der Waals surface area contributed by atoms with E-state index in [9.17, 15) is 4.79 Å². The number of carbonyl (C=O) groups excluding carboxylic acids is 1. The number of ether oxygens (including phenoxy) is 2. The van der Waals surface area contributed by atoms with E-state index in [2.05, 4.69) is 10.3 Å². The first-order chi connectivity index (χ1) is 13.7. The summed E-state index contributed by atoms with van der Waals surface area (Å²) in [6.07, 6.45) is 1.67. The Labute approximate surface area is 168 Å². The molecular formula is C20H21ClN4O3. The van der Waals surface area contributed by atoms with E-state index in [1.807, 2.05) is 36.4 Å². The molecule has 0 aliphatic carbocycles. The van der Waals surface area contributed by atoms with E-state index in [0.717, 1.165) is 0 Å². The first-order valence-electron chi connectivity index (χ1n) is 8.75. The summed E-state index contributed by atoms with van der Waals surface area (Å²) in [5.41, 5.74) is 7.73. The molecule has 1 aromatic heterocycles. The number of halogens is 1. The van der Waals surface area contributed by atoms with Crippen LogP contribution in [0.2, 0.25) is 5.02 Å². The smallest absolute Gasteiger partial charge is 0.338 e. The topological polar surface area (TPSA) is 98.8 Å². The van der Waals surface area contributed by atoms with Crippen LogP contribution < -0.4 is 11.1 Å². The Morgan fingerprint density at radius 2 is 2.04 bits per heavy atom. The third-order valence-electron chi connectivity index (χ3n) is 4.15. The van der Waals surface area contributed by atoms with Crippen molar-refractivity contribution in [1.82, 2.24) is 10.3 Å². The van der Waals surface area contributed by atoms with Gasteiger partial charge in [-0.05, 0) is 18.2 Å². The van der Waals surface area contributed by atoms with Gasteiger partial charge >= 0.3 is 5.97 Å². The van der Waals surface area contributed by atoms with Gasteiger partial charge in [0.25, 0.3) is 0 Å². The van der Waals surface area contributed by atoms with Crippen molar-refractivity contribution in [1.29, 1.82) is 0 Å². The molecule has 3 rings (SSSR count). The van der Waals surface area contributed by atoms with E-state index in [0.29, 0.717) is 46.5 Å². The van der Waals surface area contributed by atoms with E-state index < -0.39 is 12.0 Å². The Bertz CT molecular complexity index is 899. The number of pyridine rings is 1. The van der Waals surface area contributed by atoms with Crippen molar-refractivity contribution in [3.63, 3.8) is 0 Å². The van der Waals surface area contributed by atoms with Gasteiger partial charge in [0.15, 0.2) is 5.84 Å². The molecule has 1 unspecified atom stereocenters. The van der Waals surface area contributed by atoms with Gasteiger partial charge in [0.2, 0.25) is 0 Å². The highest BCUT2D eigenvalue weighted by Gasteiger charge is 2.33. The number of nitrogens with zero attached hydrogens (tertiary/aromatic N) is 2. The molecule has 146 valence electrons. The molecule has 0 bridgehead atoms. The van der Waals surface area contributed by atoms with Gasteiger partial charge in [-0.1, -0.05) is 35.9 Å². The summed E-state index contributed by atoms with van der Waals surface area (Å²) < 4.78 is 10.6. The molecular weight excluding hydrogens is 380 g/mol. The number of aliphatic imine (C=N–C) groups is 1. The van der Waals surface area contributed by atoms with Gasteiger partial charge in [-0.15, -0.1) is 0 Å². The predicted molar refractivity (Wildman–Crippen MR) is 107 cm³/mol. The second-order valence-corrected chi connectivity index (χ2v) is 6.37. The Hall–Kier alpha value is -2.74. The molecule has 0 amide bonds. The quantitative estimate of drug-likeness (QED) is 0.546. The van der Waals surface area contributed by atoms with Crippen molar-refractivity contribution in [3.8, 4) is 0 Å². The molecule has 1 aliphatic heterocycles. The highest BCUT2D eigenvalue weighted by Crippen LogP contribution is 2.35. The molecule has 1 atom stereocenters. The standard InChI is InChI=1S/C20H21ClN4O3/c1-27-20(26)17-16(12-28-11-9-22)24-19(15-8-4-5-10-23-15)25-18(17)13-6-2-3-7-14(13)21/h2-8,10,18H,9,11-12,22H2,1H3,(H,24,25). The van der Waals surface area contributed by atoms with Crippen LogP contribution >= 0.6 is 11.6 Å². The normalized spacial score (nSPS) is 16.4. The maximum absolute atomic E-state index is 12.6. The number of aromatic nitrogens is 1. The van der Waals surface area contributed by atoms with Crippen molar-refractivity contribution in [3.05, 3.63) is 76.2 Å². The van der Waals surface area contributed by atoms with Crippen LogP contribution in [0.3, 0.4) is 0 Å². The lowest BCUT2D eigenvalue weighted by molar-refractivity contribution is -0.136. The van der Waals surface area contributed by atoms with E-state index in [1.165, 1.54) is 7.11 Å². The molecule has 1 aliphatic rings. The average Bonchev–Trinajstić information content (AvgIpc) is 2.74. The minimum Gasteiger partial charge on any atom is -0.466 e. The minimum atomic E-state index is -0.657. The SMILES string of the molecule is COC(=O)C1=C(COCCN)NC(c2ccccn2)=NC1c1ccccc1Cl. The molecule has 0 radical (unpaired) electrons. The van der Waals surface area contributed by atoms with Crippen LogP contribution in [0.1, 0.15) is 17.3 Å². The number of nitrogens with one attached hydrogen (secondary N) is 1. The van der Waals surface area contributed by atoms with Crippen molar-refractivity contribution >= 4 is 23.4 Å². The van der Waals surface area contributed by atoms with Crippen LogP contribution in [0.4, 0.5) is 0 Å². The maximum Gasteiger partial charge on any atom is 0.338 e. The van der Waals surface area contributed by atoms with E-state index in [4.69, 9.17) is 31.8 Å². The fourth-order valence-electron chi connectivity index (χ4n) is 2.87. The molecule has 0 fully saturated rings. The Kier molecular flexibility index (Phi) is 6.76. The van der Waals surface area contributed by atoms with Gasteiger partial charge in [-0.25, -0.2) is 4.79 Å². The van der Waals surface area contributed by atoms with Gasteiger partial charge in [0.05, 0.1) is 31.6 Å². The molecule has 7 nitrogen and oxygen atoms in total. The number of carbonyl (C=O) groups is 1. The lowest BCUT2D eigenvalue weighted by Gasteiger charge is -2.27. The highest BCUT2D eigenvalue weighted by atomic mass is 35.5. The number of amidine groups is 1. The van der Waals surface area contributed by atoms with Crippen molar-refractivity contribution in [2.45, 2.75) is 6.04 Å². The van der Waals surface area contributed by atoms with Gasteiger partial charge in [-0.3, -0.25) is 9.98 Å². The van der Waals surface area contributed by atoms with Crippen LogP contribution in [0.25, 0.3) is 0 Å². The fraction of sp³-hybridized carbons (Fsp3) is 0.250. The van der Waals surface area contributed by atoms with Crippen molar-refractivity contribution in [2.24, 2.45) is 10.7 Å². The summed E-state index contributed by atoms with van der Waals surface area (Å²) in [5.74, 6) is 0.0112. The second kappa shape index (κ2) is 9.45. The lowest BCUT2D eigenvalue weighted by Crippen LogP contribution is -2.36. The molecule has 0 saturated heterocycles. The summed E-state index contributed by atoms with van der Waals surface area (Å²) in [6.45, 7) is 0.872. The molecule has 0 saturated carbocycles. The number of hydrogen-bond donors (Lipinski definition) is 2. The molecule has 1 aromatic carbocycles. The minimum absolute atomic E-state index is 0.147. The number of benzene rings is 1. The van der Waals surface area contributed by atoms with E-state index in [1.54, 1.807) is 12.3 Å². The third kappa shape index (κ3) is 4.39. The Morgan fingerprint density at radius 3 is 2.71 bits per heavy atom. The zero-order chi connectivity index (χ0) is 19.9. The molecule has 8 heteroatoms. The zero-order valence-electron chi connectivity index (χ0n) is 15.4. The van der Waals surface area contributed by atoms with Gasteiger partial charge in [-0.2, -0.15) is 0 Å². The molecule has 3 N–H and O–H groups in total. The first kappa shape index (κ1) is 20.0. The summed E-state index contributed by atoms with van der Waals surface area (Å²) in [4.78, 5) is 21.7. The summed E-state index contributed by atoms with van der Waals surface area (Å²) in [7, 11) is 1.33. The average molecular weight is 401 g/mol. The van der Waals surface area contributed by atoms with Gasteiger partial charge < -0.3 is 20.5 Å². The Morgan fingerprint density at radius 1 is 1.25 bits per heavy atom. The van der Waals surface area contributed by atoms with Crippen LogP contribution in [-0.2, 0) is 14.3 Å². The summed E-state index contributed by atoms with van der Waals surface area (Å²) in [6, 6.07) is 12.1. The fourth-order valence-corrected chi connectivity index (χ4v) is 3.11. The first-order valence-corrected chi connectivity index (χ1v) is 9.13. The predicted octanol–water partition coefficient (Wildman–Crippen LogP) is 2.23. The van der Waals surface area contributed by atoms with E-state index >= 15 is 0 Å². The van der Waals surface area contributed by atoms with Gasteiger partial charge in [0.1, 0.15) is 11.7 Å². The number of rotatable bonds is 7. The van der Waals surface area contributed by atoms with Crippen LogP contribution in [-0.4, -0.2) is 43.7 Å². The molecule has 28 heavy (non-hydrogen) atoms. The van der Waals surface area contributed by atoms with Gasteiger partial charge in [0, 0.05) is 23.3 Å². The lowest BCUT2D eigenvalue weighted by atomic mass is 9.95. The number of esters is 1. The van der Waals surface area contributed by atoms with Crippen LogP contribution in [0.5, 0.6) is 0 Å². The highest BCUT2D eigenvalue weighted by molar-refractivity contribution is 6.31. The molecule has 0 spiro atoms. The number of nitrogens with two attached hydrogens (primary N) is 1. The van der Waals surface area contributed by atoms with Crippen molar-refractivity contribution in [2.75, 3.05) is 26.9 Å². The summed E-state index contributed by atoms with van der Waals surface area (Å²) >= 11 is 6.41. The van der Waals surface area contributed by atoms with E-state index in [-0.39, 0.29) is 6.61 Å². The molecule has 2 heterocycles. The molecule has 2 aromatic rings. The largest absolute Gasteiger partial charge is 0.466 e. The summed E-state index contributed by atoms with van der Waals surface area (Å²) in [5, 5.41) is 3.67. The third-order valence-corrected chi connectivity index (χ3v) is 4.49. The van der Waals surface area contributed by atoms with Crippen molar-refractivity contribution < 1.29 is 14.3 Å². The maximum atomic E-state index is 12.6. The Balaban J connectivity index is 2.11. The van der Waals surface area contributed by atoms with Crippen LogP contribution in [0.15, 0.2) is 64.9 Å². The zero-order valence-corrected chi connectivity index (χ0v) is 16.1. The second-order valence-electron chi connectivity index (χ2n) is 5.97.